The van der Waals surface area contributed by atoms with E-state index in [1.807, 2.05) is 6.92 Å². The SMILES string of the molecule is CO[C@@H]1CN(C)C(=O)c2cc(NC(C)=O)ccc2OC[C@H](C)N(CCC(F)(F)F)C[C@@H]1C. The van der Waals surface area contributed by atoms with Crippen molar-refractivity contribution in [3.05, 3.63) is 23.8 Å². The van der Waals surface area contributed by atoms with Crippen LogP contribution >= 0.6 is 0 Å². The summed E-state index contributed by atoms with van der Waals surface area (Å²) in [7, 11) is 3.16. The molecule has 1 aliphatic heterocycles. The molecule has 1 aromatic carbocycles. The van der Waals surface area contributed by atoms with Crippen LogP contribution in [0.1, 0.15) is 37.6 Å². The highest BCUT2D eigenvalue weighted by Crippen LogP contribution is 2.27. The fourth-order valence-corrected chi connectivity index (χ4v) is 3.71. The Bertz CT molecular complexity index is 803. The fourth-order valence-electron chi connectivity index (χ4n) is 3.71. The molecule has 1 heterocycles. The summed E-state index contributed by atoms with van der Waals surface area (Å²) in [5.74, 6) is -0.401. The number of anilines is 1. The maximum absolute atomic E-state index is 13.2. The molecule has 0 fully saturated rings. The van der Waals surface area contributed by atoms with Crippen molar-refractivity contribution in [3.8, 4) is 5.75 Å². The molecule has 3 atom stereocenters. The number of hydrogen-bond donors (Lipinski definition) is 1. The molecule has 2 amide bonds. The Labute approximate surface area is 186 Å². The molecule has 0 unspecified atom stereocenters. The molecule has 0 saturated heterocycles. The van der Waals surface area contributed by atoms with Gasteiger partial charge in [-0.2, -0.15) is 13.2 Å². The van der Waals surface area contributed by atoms with E-state index in [4.69, 9.17) is 9.47 Å². The summed E-state index contributed by atoms with van der Waals surface area (Å²) >= 11 is 0. The number of halogens is 3. The lowest BCUT2D eigenvalue weighted by Crippen LogP contribution is -2.47. The van der Waals surface area contributed by atoms with Crippen LogP contribution in [0.4, 0.5) is 18.9 Å². The van der Waals surface area contributed by atoms with E-state index in [2.05, 4.69) is 5.32 Å². The molecule has 1 N–H and O–H groups in total. The Hall–Kier alpha value is -2.33. The number of fused-ring (bicyclic) bond motifs is 1. The van der Waals surface area contributed by atoms with Crippen molar-refractivity contribution in [1.82, 2.24) is 9.80 Å². The highest BCUT2D eigenvalue weighted by atomic mass is 19.4. The molecule has 0 radical (unpaired) electrons. The predicted octanol–water partition coefficient (Wildman–Crippen LogP) is 3.40. The van der Waals surface area contributed by atoms with Gasteiger partial charge in [-0.25, -0.2) is 0 Å². The molecule has 7 nitrogen and oxygen atoms in total. The molecule has 0 spiro atoms. The topological polar surface area (TPSA) is 71.1 Å². The number of nitrogens with one attached hydrogen (secondary N) is 1. The molecule has 10 heteroatoms. The molecule has 180 valence electrons. The number of nitrogens with zero attached hydrogens (tertiary/aromatic N) is 2. The molecular weight excluding hydrogens is 427 g/mol. The van der Waals surface area contributed by atoms with Crippen LogP contribution in [0.3, 0.4) is 0 Å². The van der Waals surface area contributed by atoms with E-state index < -0.39 is 12.6 Å². The first-order valence-electron chi connectivity index (χ1n) is 10.5. The first-order valence-corrected chi connectivity index (χ1v) is 10.5. The van der Waals surface area contributed by atoms with Crippen molar-refractivity contribution >= 4 is 17.5 Å². The third-order valence-electron chi connectivity index (χ3n) is 5.58. The first-order chi connectivity index (χ1) is 14.9. The number of carbonyl (C=O) groups is 2. The van der Waals surface area contributed by atoms with Gasteiger partial charge < -0.3 is 19.7 Å². The van der Waals surface area contributed by atoms with E-state index in [-0.39, 0.29) is 55.1 Å². The molecule has 0 bridgehead atoms. The normalized spacial score (nSPS) is 23.6. The highest BCUT2D eigenvalue weighted by molar-refractivity contribution is 5.99. The van der Waals surface area contributed by atoms with Crippen molar-refractivity contribution < 1.29 is 32.2 Å². The monoisotopic (exact) mass is 459 g/mol. The second-order valence-electron chi connectivity index (χ2n) is 8.35. The standard InChI is InChI=1S/C22H32F3N3O4/c1-14-11-28(9-8-22(23,24)25)15(2)13-32-19-7-6-17(26-16(3)29)10-18(19)21(30)27(4)12-20(14)31-5/h6-7,10,14-15,20H,8-9,11-13H2,1-5H3,(H,26,29)/t14-,15-,20+/m0/s1. The molecule has 2 rings (SSSR count). The number of amides is 2. The first kappa shape index (κ1) is 25.9. The number of likely N-dealkylation sites (N-methyl/N-ethyl adjacent to an activating group) is 1. The zero-order valence-corrected chi connectivity index (χ0v) is 19.2. The predicted molar refractivity (Wildman–Crippen MR) is 115 cm³/mol. The minimum atomic E-state index is -4.26. The molecule has 32 heavy (non-hydrogen) atoms. The van der Waals surface area contributed by atoms with Gasteiger partial charge in [0.15, 0.2) is 0 Å². The van der Waals surface area contributed by atoms with Crippen LogP contribution in [0.5, 0.6) is 5.75 Å². The van der Waals surface area contributed by atoms with E-state index in [9.17, 15) is 22.8 Å². The van der Waals surface area contributed by atoms with Gasteiger partial charge in [0, 0.05) is 52.4 Å². The van der Waals surface area contributed by atoms with Crippen molar-refractivity contribution in [2.24, 2.45) is 5.92 Å². The quantitative estimate of drug-likeness (QED) is 0.747. The molecule has 0 saturated carbocycles. The summed E-state index contributed by atoms with van der Waals surface area (Å²) in [6, 6.07) is 4.42. The lowest BCUT2D eigenvalue weighted by Gasteiger charge is -2.36. The van der Waals surface area contributed by atoms with Crippen molar-refractivity contribution in [2.75, 3.05) is 45.7 Å². The summed E-state index contributed by atoms with van der Waals surface area (Å²) in [5, 5.41) is 2.65. The number of methoxy groups -OCH3 is 1. The average molecular weight is 460 g/mol. The zero-order valence-electron chi connectivity index (χ0n) is 19.2. The van der Waals surface area contributed by atoms with E-state index in [1.165, 1.54) is 18.9 Å². The van der Waals surface area contributed by atoms with Gasteiger partial charge in [-0.15, -0.1) is 0 Å². The van der Waals surface area contributed by atoms with Crippen LogP contribution in [0.2, 0.25) is 0 Å². The molecule has 1 aliphatic rings. The number of carbonyl (C=O) groups excluding carboxylic acids is 2. The van der Waals surface area contributed by atoms with Crippen LogP contribution in [0, 0.1) is 5.92 Å². The maximum Gasteiger partial charge on any atom is 0.390 e. The Balaban J connectivity index is 2.39. The fraction of sp³-hybridized carbons (Fsp3) is 0.636. The van der Waals surface area contributed by atoms with Gasteiger partial charge in [-0.05, 0) is 31.0 Å². The van der Waals surface area contributed by atoms with Gasteiger partial charge in [0.05, 0.1) is 18.1 Å². The lowest BCUT2D eigenvalue weighted by atomic mass is 10.0. The Morgan fingerprint density at radius 1 is 1.28 bits per heavy atom. The second kappa shape index (κ2) is 11.0. The molecular formula is C22H32F3N3O4. The van der Waals surface area contributed by atoms with Gasteiger partial charge in [0.1, 0.15) is 12.4 Å². The Morgan fingerprint density at radius 2 is 1.97 bits per heavy atom. The van der Waals surface area contributed by atoms with Crippen LogP contribution in [-0.2, 0) is 9.53 Å². The number of ether oxygens (including phenoxy) is 2. The van der Waals surface area contributed by atoms with Crippen LogP contribution < -0.4 is 10.1 Å². The van der Waals surface area contributed by atoms with Gasteiger partial charge >= 0.3 is 6.18 Å². The molecule has 1 aromatic rings. The largest absolute Gasteiger partial charge is 0.491 e. The van der Waals surface area contributed by atoms with Crippen molar-refractivity contribution in [2.45, 2.75) is 45.5 Å². The van der Waals surface area contributed by atoms with Gasteiger partial charge in [-0.1, -0.05) is 6.92 Å². The average Bonchev–Trinajstić information content (AvgIpc) is 2.70. The Morgan fingerprint density at radius 3 is 2.56 bits per heavy atom. The third-order valence-corrected chi connectivity index (χ3v) is 5.58. The highest BCUT2D eigenvalue weighted by Gasteiger charge is 2.32. The van der Waals surface area contributed by atoms with E-state index in [0.29, 0.717) is 18.0 Å². The summed E-state index contributed by atoms with van der Waals surface area (Å²) in [6.07, 6.45) is -5.54. The smallest absolute Gasteiger partial charge is 0.390 e. The van der Waals surface area contributed by atoms with E-state index in [1.54, 1.807) is 37.1 Å². The second-order valence-corrected chi connectivity index (χ2v) is 8.35. The zero-order chi connectivity index (χ0) is 24.1. The summed E-state index contributed by atoms with van der Waals surface area (Å²) in [5.41, 5.74) is 0.709. The number of hydrogen-bond acceptors (Lipinski definition) is 5. The van der Waals surface area contributed by atoms with Gasteiger partial charge in [0.2, 0.25) is 5.91 Å². The van der Waals surface area contributed by atoms with Crippen LogP contribution in [-0.4, -0.2) is 80.3 Å². The number of rotatable bonds is 4. The number of benzene rings is 1. The minimum Gasteiger partial charge on any atom is -0.491 e. The van der Waals surface area contributed by atoms with Gasteiger partial charge in [-0.3, -0.25) is 14.5 Å². The van der Waals surface area contributed by atoms with E-state index in [0.717, 1.165) is 0 Å². The summed E-state index contributed by atoms with van der Waals surface area (Å²) in [4.78, 5) is 27.8. The van der Waals surface area contributed by atoms with Crippen LogP contribution in [0.15, 0.2) is 18.2 Å². The number of alkyl halides is 3. The molecule has 0 aromatic heterocycles. The van der Waals surface area contributed by atoms with Crippen LogP contribution in [0.25, 0.3) is 0 Å². The van der Waals surface area contributed by atoms with Gasteiger partial charge in [0.25, 0.3) is 5.91 Å². The van der Waals surface area contributed by atoms with E-state index >= 15 is 0 Å². The van der Waals surface area contributed by atoms with Crippen molar-refractivity contribution in [1.29, 1.82) is 0 Å². The lowest BCUT2D eigenvalue weighted by molar-refractivity contribution is -0.140. The third kappa shape index (κ3) is 7.37. The maximum atomic E-state index is 13.2. The molecule has 0 aliphatic carbocycles. The van der Waals surface area contributed by atoms with Crippen molar-refractivity contribution in [3.63, 3.8) is 0 Å². The minimum absolute atomic E-state index is 0.103. The summed E-state index contributed by atoms with van der Waals surface area (Å²) in [6.45, 7) is 5.64. The Kier molecular flexibility index (Phi) is 8.91. The summed E-state index contributed by atoms with van der Waals surface area (Å²) < 4.78 is 50.1.